The van der Waals surface area contributed by atoms with Gasteiger partial charge in [0.05, 0.1) is 11.6 Å². The maximum atomic E-state index is 10.3. The highest BCUT2D eigenvalue weighted by Crippen LogP contribution is 2.43. The zero-order valence-corrected chi connectivity index (χ0v) is 21.4. The number of nitriles is 1. The minimum Gasteiger partial charge on any atom is -0.456 e. The Balaban J connectivity index is 1.46. The van der Waals surface area contributed by atoms with Gasteiger partial charge in [-0.15, -0.1) is 0 Å². The molecule has 0 unspecified atom stereocenters. The fourth-order valence-electron chi connectivity index (χ4n) is 5.86. The minimum atomic E-state index is 0.618. The van der Waals surface area contributed by atoms with Gasteiger partial charge in [-0.3, -0.25) is 0 Å². The highest BCUT2D eigenvalue weighted by atomic mass is 16.3. The Labute approximate surface area is 230 Å². The number of furan rings is 2. The van der Waals surface area contributed by atoms with Crippen LogP contribution >= 0.6 is 0 Å². The van der Waals surface area contributed by atoms with E-state index in [0.717, 1.165) is 77.3 Å². The van der Waals surface area contributed by atoms with E-state index in [2.05, 4.69) is 54.6 Å². The summed E-state index contributed by atoms with van der Waals surface area (Å²) in [6.07, 6.45) is 0. The predicted octanol–water partition coefficient (Wildman–Crippen LogP) is 10.4. The van der Waals surface area contributed by atoms with Crippen molar-refractivity contribution in [1.29, 1.82) is 5.26 Å². The summed E-state index contributed by atoms with van der Waals surface area (Å²) < 4.78 is 12.6. The van der Waals surface area contributed by atoms with Crippen molar-refractivity contribution < 1.29 is 8.83 Å². The normalized spacial score (nSPS) is 11.5. The van der Waals surface area contributed by atoms with Crippen LogP contribution in [0.1, 0.15) is 5.56 Å². The topological polar surface area (TPSA) is 50.1 Å². The molecule has 40 heavy (non-hydrogen) atoms. The average Bonchev–Trinajstić information content (AvgIpc) is 3.59. The van der Waals surface area contributed by atoms with Crippen LogP contribution in [-0.2, 0) is 0 Å². The van der Waals surface area contributed by atoms with Crippen molar-refractivity contribution in [3.63, 3.8) is 0 Å². The minimum absolute atomic E-state index is 0.618. The number of rotatable bonds is 3. The molecule has 0 atom stereocenters. The van der Waals surface area contributed by atoms with Crippen LogP contribution in [0.3, 0.4) is 0 Å². The number of para-hydroxylation sites is 3. The van der Waals surface area contributed by atoms with E-state index in [1.54, 1.807) is 0 Å². The first-order valence-electron chi connectivity index (χ1n) is 13.2. The van der Waals surface area contributed by atoms with Gasteiger partial charge in [-0.05, 0) is 58.7 Å². The van der Waals surface area contributed by atoms with Crippen LogP contribution < -0.4 is 0 Å². The molecule has 186 valence electrons. The molecule has 0 aliphatic rings. The SMILES string of the molecule is N#Cc1cc(-c2cccc3c2oc2ccccc23)c(-c2ccc3oc4ccccc4c3c2)cc1-c1ccccc1. The fraction of sp³-hybridized carbons (Fsp3) is 0. The van der Waals surface area contributed by atoms with E-state index in [4.69, 9.17) is 8.83 Å². The van der Waals surface area contributed by atoms with E-state index in [1.807, 2.05) is 78.9 Å². The standard InChI is InChI=1S/C37H21NO2/c38-22-25-20-32(29-14-8-13-28-26-11-4-7-16-35(26)40-37(28)29)31(21-30(25)23-9-2-1-3-10-23)24-17-18-36-33(19-24)27-12-5-6-15-34(27)39-36/h1-21H. The predicted molar refractivity (Wildman–Crippen MR) is 162 cm³/mol. The molecule has 0 fully saturated rings. The molecule has 0 spiro atoms. The zero-order valence-electron chi connectivity index (χ0n) is 21.4. The highest BCUT2D eigenvalue weighted by molar-refractivity contribution is 6.12. The maximum absolute atomic E-state index is 10.3. The van der Waals surface area contributed by atoms with Gasteiger partial charge in [0.15, 0.2) is 0 Å². The second-order valence-corrected chi connectivity index (χ2v) is 10.0. The van der Waals surface area contributed by atoms with Crippen LogP contribution in [0.4, 0.5) is 0 Å². The van der Waals surface area contributed by atoms with E-state index in [0.29, 0.717) is 5.56 Å². The lowest BCUT2D eigenvalue weighted by Crippen LogP contribution is -1.92. The third-order valence-electron chi connectivity index (χ3n) is 7.75. The number of hydrogen-bond acceptors (Lipinski definition) is 3. The van der Waals surface area contributed by atoms with Crippen LogP contribution in [0, 0.1) is 11.3 Å². The van der Waals surface area contributed by atoms with E-state index < -0.39 is 0 Å². The maximum Gasteiger partial charge on any atom is 0.143 e. The van der Waals surface area contributed by atoms with Crippen LogP contribution in [0.15, 0.2) is 136 Å². The second-order valence-electron chi connectivity index (χ2n) is 10.0. The molecule has 0 radical (unpaired) electrons. The van der Waals surface area contributed by atoms with Gasteiger partial charge >= 0.3 is 0 Å². The van der Waals surface area contributed by atoms with E-state index in [9.17, 15) is 5.26 Å². The third-order valence-corrected chi connectivity index (χ3v) is 7.75. The van der Waals surface area contributed by atoms with Crippen LogP contribution in [0.5, 0.6) is 0 Å². The first kappa shape index (κ1) is 22.4. The molecule has 0 amide bonds. The summed E-state index contributed by atoms with van der Waals surface area (Å²) >= 11 is 0. The van der Waals surface area contributed by atoms with Gasteiger partial charge in [0, 0.05) is 32.7 Å². The summed E-state index contributed by atoms with van der Waals surface area (Å²) in [6.45, 7) is 0. The molecule has 0 bridgehead atoms. The lowest BCUT2D eigenvalue weighted by Gasteiger charge is -2.15. The van der Waals surface area contributed by atoms with E-state index in [-0.39, 0.29) is 0 Å². The Hall–Kier alpha value is -5.59. The number of hydrogen-bond donors (Lipinski definition) is 0. The molecule has 0 N–H and O–H groups in total. The fourth-order valence-corrected chi connectivity index (χ4v) is 5.86. The summed E-state index contributed by atoms with van der Waals surface area (Å²) in [5.41, 5.74) is 9.88. The molecule has 3 heteroatoms. The van der Waals surface area contributed by atoms with Crippen molar-refractivity contribution in [2.45, 2.75) is 0 Å². The molecule has 2 heterocycles. The lowest BCUT2D eigenvalue weighted by atomic mass is 9.87. The summed E-state index contributed by atoms with van der Waals surface area (Å²) in [5, 5.41) is 14.6. The van der Waals surface area contributed by atoms with Gasteiger partial charge in [0.25, 0.3) is 0 Å². The Kier molecular flexibility index (Phi) is 4.89. The quantitative estimate of drug-likeness (QED) is 0.237. The van der Waals surface area contributed by atoms with Crippen molar-refractivity contribution in [2.75, 3.05) is 0 Å². The molecule has 0 saturated carbocycles. The van der Waals surface area contributed by atoms with Gasteiger partial charge in [-0.1, -0.05) is 91.0 Å². The molecule has 2 aromatic heterocycles. The zero-order chi connectivity index (χ0) is 26.6. The number of fused-ring (bicyclic) bond motifs is 6. The molecule has 0 aliphatic carbocycles. The van der Waals surface area contributed by atoms with Crippen LogP contribution in [0.2, 0.25) is 0 Å². The van der Waals surface area contributed by atoms with Crippen molar-refractivity contribution in [2.24, 2.45) is 0 Å². The Morgan fingerprint density at radius 1 is 0.425 bits per heavy atom. The van der Waals surface area contributed by atoms with Gasteiger partial charge < -0.3 is 8.83 Å². The molecule has 3 nitrogen and oxygen atoms in total. The largest absolute Gasteiger partial charge is 0.456 e. The number of nitrogens with zero attached hydrogens (tertiary/aromatic N) is 1. The highest BCUT2D eigenvalue weighted by Gasteiger charge is 2.19. The van der Waals surface area contributed by atoms with Crippen molar-refractivity contribution in [3.8, 4) is 39.4 Å². The Morgan fingerprint density at radius 3 is 1.90 bits per heavy atom. The van der Waals surface area contributed by atoms with Gasteiger partial charge in [0.2, 0.25) is 0 Å². The lowest BCUT2D eigenvalue weighted by molar-refractivity contribution is 0.669. The van der Waals surface area contributed by atoms with Crippen molar-refractivity contribution in [1.82, 2.24) is 0 Å². The summed E-state index contributed by atoms with van der Waals surface area (Å²) in [5.74, 6) is 0. The second kappa shape index (κ2) is 8.73. The van der Waals surface area contributed by atoms with Gasteiger partial charge in [-0.25, -0.2) is 0 Å². The first-order chi connectivity index (χ1) is 19.8. The molecule has 0 aliphatic heterocycles. The molecule has 0 saturated heterocycles. The molecule has 8 aromatic rings. The molecular weight excluding hydrogens is 490 g/mol. The van der Waals surface area contributed by atoms with Crippen LogP contribution in [-0.4, -0.2) is 0 Å². The third kappa shape index (κ3) is 3.37. The van der Waals surface area contributed by atoms with Gasteiger partial charge in [-0.2, -0.15) is 5.26 Å². The van der Waals surface area contributed by atoms with Crippen molar-refractivity contribution >= 4 is 43.9 Å². The molecule has 8 rings (SSSR count). The number of benzene rings is 6. The molecular formula is C37H21NO2. The summed E-state index contributed by atoms with van der Waals surface area (Å²) in [4.78, 5) is 0. The molecule has 6 aromatic carbocycles. The monoisotopic (exact) mass is 511 g/mol. The smallest absolute Gasteiger partial charge is 0.143 e. The first-order valence-corrected chi connectivity index (χ1v) is 13.2. The Bertz CT molecular complexity index is 2280. The summed E-state index contributed by atoms with van der Waals surface area (Å²) in [7, 11) is 0. The van der Waals surface area contributed by atoms with Crippen molar-refractivity contribution in [3.05, 3.63) is 133 Å². The van der Waals surface area contributed by atoms with Crippen LogP contribution in [0.25, 0.3) is 77.3 Å². The summed E-state index contributed by atoms with van der Waals surface area (Å²) in [6, 6.07) is 45.5. The Morgan fingerprint density at radius 2 is 1.10 bits per heavy atom. The van der Waals surface area contributed by atoms with E-state index >= 15 is 0 Å². The van der Waals surface area contributed by atoms with Gasteiger partial charge in [0.1, 0.15) is 22.3 Å². The van der Waals surface area contributed by atoms with E-state index in [1.165, 1.54) is 0 Å². The average molecular weight is 512 g/mol.